The van der Waals surface area contributed by atoms with Crippen LogP contribution in [0.4, 0.5) is 0 Å². The predicted molar refractivity (Wildman–Crippen MR) is 107 cm³/mol. The molecule has 2 aromatic carbocycles. The minimum atomic E-state index is -0.452. The van der Waals surface area contributed by atoms with Gasteiger partial charge in [-0.25, -0.2) is 4.79 Å². The van der Waals surface area contributed by atoms with Gasteiger partial charge in [0.25, 0.3) is 0 Å². The van der Waals surface area contributed by atoms with Gasteiger partial charge < -0.3 is 9.52 Å². The molecule has 0 amide bonds. The summed E-state index contributed by atoms with van der Waals surface area (Å²) in [5, 5.41) is 10.5. The smallest absolute Gasteiger partial charge is 0.343 e. The molecule has 0 aliphatic rings. The number of rotatable bonds is 6. The highest BCUT2D eigenvalue weighted by atomic mass is 79.9. The Morgan fingerprint density at radius 2 is 1.73 bits per heavy atom. The molecule has 1 N–H and O–H groups in total. The summed E-state index contributed by atoms with van der Waals surface area (Å²) in [4.78, 5) is 12.6. The molecule has 0 spiro atoms. The van der Waals surface area contributed by atoms with Gasteiger partial charge in [-0.3, -0.25) is 0 Å². The van der Waals surface area contributed by atoms with Crippen molar-refractivity contribution in [3.05, 3.63) is 98.0 Å². The topological polar surface area (TPSA) is 50.4 Å². The summed E-state index contributed by atoms with van der Waals surface area (Å²) < 4.78 is 6.54. The highest BCUT2D eigenvalue weighted by Gasteiger charge is 2.21. The minimum absolute atomic E-state index is 0.0164. The van der Waals surface area contributed by atoms with Crippen LogP contribution in [0.15, 0.2) is 74.3 Å². The lowest BCUT2D eigenvalue weighted by Crippen LogP contribution is -2.15. The van der Waals surface area contributed by atoms with Gasteiger partial charge in [0.15, 0.2) is 0 Å². The summed E-state index contributed by atoms with van der Waals surface area (Å²) in [7, 11) is 0. The van der Waals surface area contributed by atoms with E-state index >= 15 is 0 Å². The zero-order chi connectivity index (χ0) is 18.5. The molecular formula is C22H21BrO3. The monoisotopic (exact) mass is 412 g/mol. The van der Waals surface area contributed by atoms with E-state index in [4.69, 9.17) is 4.42 Å². The van der Waals surface area contributed by atoms with Gasteiger partial charge in [-0.15, -0.1) is 0 Å². The summed E-state index contributed by atoms with van der Waals surface area (Å²) >= 11 is 3.42. The molecule has 0 saturated carbocycles. The minimum Gasteiger partial charge on any atom is -0.507 e. The van der Waals surface area contributed by atoms with Crippen molar-refractivity contribution < 1.29 is 9.52 Å². The van der Waals surface area contributed by atoms with Crippen molar-refractivity contribution in [2.45, 2.75) is 32.1 Å². The van der Waals surface area contributed by atoms with Crippen LogP contribution >= 0.6 is 15.9 Å². The van der Waals surface area contributed by atoms with Crippen LogP contribution in [0.2, 0.25) is 0 Å². The molecule has 1 heterocycles. The molecule has 3 nitrogen and oxygen atoms in total. The Labute approximate surface area is 161 Å². The number of aryl methyl sites for hydroxylation is 2. The quantitative estimate of drug-likeness (QED) is 0.586. The predicted octanol–water partition coefficient (Wildman–Crippen LogP) is 5.44. The zero-order valence-electron chi connectivity index (χ0n) is 14.6. The van der Waals surface area contributed by atoms with Gasteiger partial charge in [-0.1, -0.05) is 65.3 Å². The van der Waals surface area contributed by atoms with Gasteiger partial charge in [0.1, 0.15) is 11.5 Å². The SMILES string of the molecule is CCC(c1ccccc1)c1c(O)cc(CCc2ccc(Br)cc2)oc1=O. The maximum atomic E-state index is 12.6. The van der Waals surface area contributed by atoms with E-state index in [9.17, 15) is 9.90 Å². The highest BCUT2D eigenvalue weighted by molar-refractivity contribution is 9.10. The Morgan fingerprint density at radius 3 is 2.35 bits per heavy atom. The fraction of sp³-hybridized carbons (Fsp3) is 0.227. The van der Waals surface area contributed by atoms with E-state index in [1.54, 1.807) is 6.07 Å². The van der Waals surface area contributed by atoms with Crippen LogP contribution in [-0.4, -0.2) is 5.11 Å². The number of hydrogen-bond acceptors (Lipinski definition) is 3. The molecule has 4 heteroatoms. The fourth-order valence-corrected chi connectivity index (χ4v) is 3.46. The van der Waals surface area contributed by atoms with E-state index in [0.717, 1.165) is 22.0 Å². The summed E-state index contributed by atoms with van der Waals surface area (Å²) in [6.07, 6.45) is 2.01. The lowest BCUT2D eigenvalue weighted by atomic mass is 9.89. The van der Waals surface area contributed by atoms with Crippen molar-refractivity contribution >= 4 is 15.9 Å². The molecule has 0 aliphatic carbocycles. The number of hydrogen-bond donors (Lipinski definition) is 1. The lowest BCUT2D eigenvalue weighted by molar-refractivity contribution is 0.406. The third-order valence-electron chi connectivity index (χ3n) is 4.55. The van der Waals surface area contributed by atoms with E-state index in [1.165, 1.54) is 0 Å². The third-order valence-corrected chi connectivity index (χ3v) is 5.08. The van der Waals surface area contributed by atoms with E-state index in [-0.39, 0.29) is 11.7 Å². The molecule has 0 aliphatic heterocycles. The van der Waals surface area contributed by atoms with E-state index in [2.05, 4.69) is 15.9 Å². The first-order valence-electron chi connectivity index (χ1n) is 8.73. The average Bonchev–Trinajstić information content (AvgIpc) is 2.65. The molecule has 26 heavy (non-hydrogen) atoms. The highest BCUT2D eigenvalue weighted by Crippen LogP contribution is 2.31. The summed E-state index contributed by atoms with van der Waals surface area (Å²) in [5.41, 5.74) is 2.04. The third kappa shape index (κ3) is 4.25. The Morgan fingerprint density at radius 1 is 1.04 bits per heavy atom. The number of halogens is 1. The van der Waals surface area contributed by atoms with Gasteiger partial charge in [0.2, 0.25) is 0 Å². The van der Waals surface area contributed by atoms with Crippen molar-refractivity contribution in [2.75, 3.05) is 0 Å². The van der Waals surface area contributed by atoms with Crippen LogP contribution in [0.3, 0.4) is 0 Å². The summed E-state index contributed by atoms with van der Waals surface area (Å²) in [6.45, 7) is 2.00. The first-order valence-corrected chi connectivity index (χ1v) is 9.53. The largest absolute Gasteiger partial charge is 0.507 e. The van der Waals surface area contributed by atoms with Crippen molar-refractivity contribution in [1.29, 1.82) is 0 Å². The number of aromatic hydroxyl groups is 1. The molecule has 0 saturated heterocycles. The standard InChI is InChI=1S/C22H21BrO3/c1-2-19(16-6-4-3-5-7-16)21-20(24)14-18(26-22(21)25)13-10-15-8-11-17(23)12-9-15/h3-9,11-12,14,19,24H,2,10,13H2,1H3. The Kier molecular flexibility index (Phi) is 5.94. The lowest BCUT2D eigenvalue weighted by Gasteiger charge is -2.16. The van der Waals surface area contributed by atoms with Gasteiger partial charge in [0.05, 0.1) is 5.56 Å². The summed E-state index contributed by atoms with van der Waals surface area (Å²) in [5.74, 6) is 0.345. The van der Waals surface area contributed by atoms with Gasteiger partial charge in [-0.05, 0) is 36.1 Å². The van der Waals surface area contributed by atoms with E-state index in [0.29, 0.717) is 24.2 Å². The molecule has 1 unspecified atom stereocenters. The molecule has 1 atom stereocenters. The van der Waals surface area contributed by atoms with E-state index in [1.807, 2.05) is 61.5 Å². The second kappa shape index (κ2) is 8.37. The summed E-state index contributed by atoms with van der Waals surface area (Å²) in [6, 6.07) is 19.3. The molecule has 0 radical (unpaired) electrons. The maximum absolute atomic E-state index is 12.6. The zero-order valence-corrected chi connectivity index (χ0v) is 16.2. The van der Waals surface area contributed by atoms with Crippen molar-refractivity contribution in [2.24, 2.45) is 0 Å². The van der Waals surface area contributed by atoms with Crippen LogP contribution in [0, 0.1) is 0 Å². The molecule has 0 bridgehead atoms. The van der Waals surface area contributed by atoms with Crippen molar-refractivity contribution in [1.82, 2.24) is 0 Å². The van der Waals surface area contributed by atoms with Gasteiger partial charge in [0, 0.05) is 22.9 Å². The molecule has 3 aromatic rings. The van der Waals surface area contributed by atoms with Crippen LogP contribution in [0.5, 0.6) is 5.75 Å². The van der Waals surface area contributed by atoms with Crippen LogP contribution in [0.1, 0.15) is 41.7 Å². The molecule has 1 aromatic heterocycles. The second-order valence-electron chi connectivity index (χ2n) is 6.30. The first kappa shape index (κ1) is 18.5. The first-order chi connectivity index (χ1) is 12.6. The van der Waals surface area contributed by atoms with Crippen LogP contribution < -0.4 is 5.63 Å². The van der Waals surface area contributed by atoms with Crippen LogP contribution in [-0.2, 0) is 12.8 Å². The number of benzene rings is 2. The van der Waals surface area contributed by atoms with Gasteiger partial charge in [-0.2, -0.15) is 0 Å². The normalized spacial score (nSPS) is 12.1. The van der Waals surface area contributed by atoms with Gasteiger partial charge >= 0.3 is 5.63 Å². The molecule has 134 valence electrons. The fourth-order valence-electron chi connectivity index (χ4n) is 3.19. The Hall–Kier alpha value is -2.33. The Balaban J connectivity index is 1.84. The molecule has 3 rings (SSSR count). The Bertz CT molecular complexity index is 914. The van der Waals surface area contributed by atoms with E-state index < -0.39 is 5.63 Å². The van der Waals surface area contributed by atoms with Crippen molar-refractivity contribution in [3.8, 4) is 5.75 Å². The van der Waals surface area contributed by atoms with Crippen molar-refractivity contribution in [3.63, 3.8) is 0 Å². The van der Waals surface area contributed by atoms with Crippen LogP contribution in [0.25, 0.3) is 0 Å². The second-order valence-corrected chi connectivity index (χ2v) is 7.21. The molecule has 0 fully saturated rings. The average molecular weight is 413 g/mol. The maximum Gasteiger partial charge on any atom is 0.343 e. The molecular weight excluding hydrogens is 392 g/mol.